The summed E-state index contributed by atoms with van der Waals surface area (Å²) < 4.78 is 7.48. The van der Waals surface area contributed by atoms with E-state index in [0.29, 0.717) is 22.6 Å². The van der Waals surface area contributed by atoms with E-state index < -0.39 is 18.4 Å². The van der Waals surface area contributed by atoms with Crippen LogP contribution in [0.1, 0.15) is 33.4 Å². The van der Waals surface area contributed by atoms with Crippen molar-refractivity contribution < 1.29 is 14.9 Å². The Bertz CT molecular complexity index is 733. The lowest BCUT2D eigenvalue weighted by atomic mass is 10.2. The lowest BCUT2D eigenvalue weighted by Gasteiger charge is -2.16. The van der Waals surface area contributed by atoms with Crippen molar-refractivity contribution >= 4 is 38.7 Å². The van der Waals surface area contributed by atoms with Crippen LogP contribution in [0.15, 0.2) is 11.4 Å². The van der Waals surface area contributed by atoms with Crippen molar-refractivity contribution in [2.75, 3.05) is 12.3 Å². The molecule has 1 fully saturated rings. The fraction of sp³-hybridized carbons (Fsp3) is 0.643. The van der Waals surface area contributed by atoms with Crippen LogP contribution in [0, 0.1) is 0 Å². The number of nitrogens with two attached hydrogens (primary N) is 1. The zero-order valence-electron chi connectivity index (χ0n) is 13.7. The normalized spacial score (nSPS) is 24.8. The second-order valence-electron chi connectivity index (χ2n) is 6.60. The maximum Gasteiger partial charge on any atom is 0.223 e. The molecule has 132 valence electrons. The Morgan fingerprint density at radius 3 is 2.79 bits per heavy atom. The van der Waals surface area contributed by atoms with E-state index in [9.17, 15) is 10.2 Å². The number of aliphatic hydroxyl groups is 2. The highest BCUT2D eigenvalue weighted by Crippen LogP contribution is 2.42. The summed E-state index contributed by atoms with van der Waals surface area (Å²) in [5, 5.41) is 19.9. The minimum atomic E-state index is -0.720. The molecule has 2 aromatic heterocycles. The van der Waals surface area contributed by atoms with Crippen LogP contribution in [0.4, 0.5) is 5.95 Å². The number of aliphatic hydroxyl groups excluding tert-OH is 2. The maximum absolute atomic E-state index is 9.93. The van der Waals surface area contributed by atoms with Crippen LogP contribution in [-0.2, 0) is 4.74 Å². The number of nitrogens with zero attached hydrogens (tertiary/aromatic N) is 4. The molecule has 0 radical (unpaired) electrons. The second-order valence-corrected chi connectivity index (χ2v) is 9.55. The third kappa shape index (κ3) is 3.62. The van der Waals surface area contributed by atoms with Crippen LogP contribution in [-0.4, -0.2) is 53.3 Å². The van der Waals surface area contributed by atoms with Gasteiger partial charge in [0.05, 0.1) is 19.0 Å². The lowest BCUT2D eigenvalue weighted by Crippen LogP contribution is -2.24. The molecule has 0 saturated carbocycles. The molecule has 0 aliphatic carbocycles. The van der Waals surface area contributed by atoms with E-state index in [1.807, 2.05) is 0 Å². The minimum absolute atomic E-state index is 0.0618. The van der Waals surface area contributed by atoms with E-state index in [1.54, 1.807) is 21.7 Å². The monoisotopic (exact) mass is 371 g/mol. The van der Waals surface area contributed by atoms with Crippen molar-refractivity contribution in [1.82, 2.24) is 19.5 Å². The maximum atomic E-state index is 9.93. The summed E-state index contributed by atoms with van der Waals surface area (Å²) in [4.78, 5) is 13.0. The van der Waals surface area contributed by atoms with Crippen molar-refractivity contribution in [3.63, 3.8) is 0 Å². The van der Waals surface area contributed by atoms with Crippen molar-refractivity contribution in [3.8, 4) is 0 Å². The number of hydrogen-bond donors (Lipinski definition) is 3. The minimum Gasteiger partial charge on any atom is -0.394 e. The molecule has 0 aromatic carbocycles. The number of rotatable bonds is 4. The van der Waals surface area contributed by atoms with E-state index in [-0.39, 0.29) is 17.3 Å². The molecule has 0 spiro atoms. The highest BCUT2D eigenvalue weighted by atomic mass is 33.1. The second kappa shape index (κ2) is 6.68. The zero-order valence-corrected chi connectivity index (χ0v) is 15.3. The van der Waals surface area contributed by atoms with Crippen LogP contribution in [0.3, 0.4) is 0 Å². The Morgan fingerprint density at radius 2 is 2.17 bits per heavy atom. The molecular formula is C14H21N5O3S2. The third-order valence-corrected chi connectivity index (χ3v) is 6.72. The SMILES string of the molecule is CC(C)(C)SSc1nc(N)nc2c1ncn2[C@H]1C[C@H](O)[C@@H](CO)O1. The van der Waals surface area contributed by atoms with Gasteiger partial charge in [-0.15, -0.1) is 0 Å². The van der Waals surface area contributed by atoms with Gasteiger partial charge >= 0.3 is 0 Å². The van der Waals surface area contributed by atoms with Crippen LogP contribution in [0.5, 0.6) is 0 Å². The first-order chi connectivity index (χ1) is 11.3. The van der Waals surface area contributed by atoms with Gasteiger partial charge < -0.3 is 20.7 Å². The summed E-state index contributed by atoms with van der Waals surface area (Å²) >= 11 is 0. The van der Waals surface area contributed by atoms with Crippen molar-refractivity contribution in [1.29, 1.82) is 0 Å². The molecule has 24 heavy (non-hydrogen) atoms. The van der Waals surface area contributed by atoms with E-state index in [4.69, 9.17) is 10.5 Å². The standard InChI is InChI=1S/C14H21N5O3S2/c1-14(2,3)24-23-12-10-11(17-13(15)18-12)19(6-16-10)9-4-7(21)8(5-20)22-9/h6-9,20-21H,4-5H2,1-3H3,(H2,15,17,18)/t7-,8+,9+/m0/s1. The van der Waals surface area contributed by atoms with Crippen LogP contribution in [0.25, 0.3) is 11.2 Å². The van der Waals surface area contributed by atoms with Gasteiger partial charge in [0.1, 0.15) is 22.9 Å². The summed E-state index contributed by atoms with van der Waals surface area (Å²) in [5.41, 5.74) is 7.07. The van der Waals surface area contributed by atoms with Gasteiger partial charge in [-0.05, 0) is 10.8 Å². The molecule has 1 aliphatic rings. The molecule has 0 unspecified atom stereocenters. The van der Waals surface area contributed by atoms with Crippen LogP contribution in [0.2, 0.25) is 0 Å². The first kappa shape index (κ1) is 17.7. The Hall–Kier alpha value is -1.07. The number of nitrogen functional groups attached to an aromatic ring is 1. The van der Waals surface area contributed by atoms with Gasteiger partial charge in [0.15, 0.2) is 5.65 Å². The van der Waals surface area contributed by atoms with Gasteiger partial charge in [-0.1, -0.05) is 31.6 Å². The fourth-order valence-electron chi connectivity index (χ4n) is 2.39. The van der Waals surface area contributed by atoms with Gasteiger partial charge in [-0.3, -0.25) is 4.57 Å². The molecule has 1 saturated heterocycles. The Morgan fingerprint density at radius 1 is 1.42 bits per heavy atom. The van der Waals surface area contributed by atoms with Gasteiger partial charge in [0.2, 0.25) is 5.95 Å². The van der Waals surface area contributed by atoms with E-state index in [1.165, 1.54) is 10.8 Å². The molecule has 3 heterocycles. The number of ether oxygens (including phenoxy) is 1. The van der Waals surface area contributed by atoms with Gasteiger partial charge in [-0.25, -0.2) is 9.97 Å². The molecule has 10 heteroatoms. The molecule has 0 amide bonds. The average molecular weight is 371 g/mol. The topological polar surface area (TPSA) is 119 Å². The zero-order chi connectivity index (χ0) is 17.5. The van der Waals surface area contributed by atoms with Gasteiger partial charge in [0.25, 0.3) is 0 Å². The number of hydrogen-bond acceptors (Lipinski definition) is 9. The quantitative estimate of drug-likeness (QED) is 0.543. The summed E-state index contributed by atoms with van der Waals surface area (Å²) in [7, 11) is 3.19. The van der Waals surface area contributed by atoms with Crippen molar-refractivity contribution in [2.24, 2.45) is 0 Å². The van der Waals surface area contributed by atoms with E-state index in [0.717, 1.165) is 0 Å². The van der Waals surface area contributed by atoms with Gasteiger partial charge in [-0.2, -0.15) is 4.98 Å². The van der Waals surface area contributed by atoms with Crippen molar-refractivity contribution in [3.05, 3.63) is 6.33 Å². The number of imidazole rings is 1. The average Bonchev–Trinajstić information content (AvgIpc) is 3.06. The number of anilines is 1. The predicted molar refractivity (Wildman–Crippen MR) is 94.6 cm³/mol. The molecule has 1 aliphatic heterocycles. The smallest absolute Gasteiger partial charge is 0.223 e. The predicted octanol–water partition coefficient (Wildman–Crippen LogP) is 1.59. The summed E-state index contributed by atoms with van der Waals surface area (Å²) in [6.45, 7) is 6.13. The molecule has 4 N–H and O–H groups in total. The Labute approximate surface area is 147 Å². The Kier molecular flexibility index (Phi) is 4.94. The first-order valence-corrected chi connectivity index (χ1v) is 9.73. The number of fused-ring (bicyclic) bond motifs is 1. The fourth-order valence-corrected chi connectivity index (χ4v) is 4.41. The lowest BCUT2D eigenvalue weighted by molar-refractivity contribution is -0.0432. The molecule has 0 bridgehead atoms. The van der Waals surface area contributed by atoms with E-state index in [2.05, 4.69) is 35.7 Å². The summed E-state index contributed by atoms with van der Waals surface area (Å²) in [5.74, 6) is 0.165. The largest absolute Gasteiger partial charge is 0.394 e. The highest BCUT2D eigenvalue weighted by Gasteiger charge is 2.35. The molecule has 8 nitrogen and oxygen atoms in total. The molecule has 2 aromatic rings. The van der Waals surface area contributed by atoms with Gasteiger partial charge in [0, 0.05) is 11.2 Å². The van der Waals surface area contributed by atoms with E-state index >= 15 is 0 Å². The molecular weight excluding hydrogens is 350 g/mol. The highest BCUT2D eigenvalue weighted by molar-refractivity contribution is 8.77. The Balaban J connectivity index is 1.93. The summed E-state index contributed by atoms with van der Waals surface area (Å²) in [6, 6.07) is 0. The van der Waals surface area contributed by atoms with Crippen LogP contribution < -0.4 is 5.73 Å². The molecule has 3 rings (SSSR count). The first-order valence-electron chi connectivity index (χ1n) is 7.58. The molecule has 3 atom stereocenters. The number of aromatic nitrogens is 4. The van der Waals surface area contributed by atoms with Crippen molar-refractivity contribution in [2.45, 2.75) is 55.4 Å². The van der Waals surface area contributed by atoms with Crippen LogP contribution >= 0.6 is 21.6 Å². The summed E-state index contributed by atoms with van der Waals surface area (Å²) in [6.07, 6.45) is 0.213. The third-order valence-electron chi connectivity index (χ3n) is 3.47.